The third-order valence-electron chi connectivity index (χ3n) is 5.93. The summed E-state index contributed by atoms with van der Waals surface area (Å²) in [5, 5.41) is 0. The Kier molecular flexibility index (Phi) is 4.64. The zero-order chi connectivity index (χ0) is 21.8. The summed E-state index contributed by atoms with van der Waals surface area (Å²) in [5.41, 5.74) is 1.43. The van der Waals surface area contributed by atoms with Crippen LogP contribution in [0.1, 0.15) is 35.3 Å². The number of ether oxygens (including phenoxy) is 3. The predicted molar refractivity (Wildman–Crippen MR) is 110 cm³/mol. The number of hydrogen-bond acceptors (Lipinski definition) is 5. The van der Waals surface area contributed by atoms with Crippen molar-refractivity contribution in [2.24, 2.45) is 5.92 Å². The molecule has 6 nitrogen and oxygen atoms in total. The van der Waals surface area contributed by atoms with Gasteiger partial charge in [0.25, 0.3) is 5.91 Å². The first-order valence-corrected chi connectivity index (χ1v) is 10.5. The normalized spacial score (nSPS) is 19.1. The van der Waals surface area contributed by atoms with Crippen molar-refractivity contribution in [2.45, 2.75) is 32.3 Å². The van der Waals surface area contributed by atoms with Crippen LogP contribution >= 0.6 is 0 Å². The van der Waals surface area contributed by atoms with Gasteiger partial charge in [0, 0.05) is 49.0 Å². The van der Waals surface area contributed by atoms with E-state index in [-0.39, 0.29) is 41.8 Å². The molecule has 0 atom stereocenters. The highest BCUT2D eigenvalue weighted by Gasteiger charge is 2.35. The largest absolute Gasteiger partial charge is 0.489 e. The van der Waals surface area contributed by atoms with E-state index >= 15 is 0 Å². The van der Waals surface area contributed by atoms with Gasteiger partial charge < -0.3 is 19.1 Å². The molecule has 0 aliphatic carbocycles. The van der Waals surface area contributed by atoms with Gasteiger partial charge in [-0.2, -0.15) is 0 Å². The summed E-state index contributed by atoms with van der Waals surface area (Å²) in [7, 11) is 0. The summed E-state index contributed by atoms with van der Waals surface area (Å²) in [5.74, 6) is 0.936. The fraction of sp³-hybridized carbons (Fsp3) is 0.417. The first-order valence-electron chi connectivity index (χ1n) is 10.5. The van der Waals surface area contributed by atoms with E-state index in [9.17, 15) is 14.0 Å². The number of benzene rings is 2. The summed E-state index contributed by atoms with van der Waals surface area (Å²) < 4.78 is 31.7. The summed E-state index contributed by atoms with van der Waals surface area (Å²) in [4.78, 5) is 25.9. The van der Waals surface area contributed by atoms with Crippen LogP contribution in [0.25, 0.3) is 0 Å². The molecule has 5 rings (SSSR count). The molecular formula is C24H24FNO5. The minimum Gasteiger partial charge on any atom is -0.489 e. The second-order valence-corrected chi connectivity index (χ2v) is 9.11. The van der Waals surface area contributed by atoms with Crippen LogP contribution < -0.4 is 14.2 Å². The van der Waals surface area contributed by atoms with Crippen LogP contribution in [0.15, 0.2) is 30.3 Å². The molecule has 2 aromatic rings. The highest BCUT2D eigenvalue weighted by molar-refractivity contribution is 5.96. The first-order chi connectivity index (χ1) is 14.8. The van der Waals surface area contributed by atoms with Gasteiger partial charge in [0.2, 0.25) is 0 Å². The number of rotatable bonds is 4. The number of Topliss-reactive ketones (excluding diaryl/α,β-unsaturated/α-hetero) is 1. The van der Waals surface area contributed by atoms with Crippen LogP contribution in [0.2, 0.25) is 0 Å². The number of fused-ring (bicyclic) bond motifs is 2. The fourth-order valence-electron chi connectivity index (χ4n) is 4.38. The second-order valence-electron chi connectivity index (χ2n) is 9.11. The van der Waals surface area contributed by atoms with Gasteiger partial charge in [0.15, 0.2) is 17.3 Å². The summed E-state index contributed by atoms with van der Waals surface area (Å²) in [6.07, 6.45) is 1.00. The standard InChI is InChI=1S/C24H24FNO5/c1-24(2)9-15-4-3-5-20(22(15)31-24)29-12-14-10-26(11-14)23(28)18-7-16-6-17(27)13-30-21(16)8-19(18)25/h3-5,7-8,14H,6,9-13H2,1-2H3. The molecule has 31 heavy (non-hydrogen) atoms. The summed E-state index contributed by atoms with van der Waals surface area (Å²) >= 11 is 0. The minimum absolute atomic E-state index is 0.0204. The maximum atomic E-state index is 14.5. The Morgan fingerprint density at radius 1 is 1.26 bits per heavy atom. The molecule has 0 aromatic heterocycles. The van der Waals surface area contributed by atoms with Gasteiger partial charge in [-0.25, -0.2) is 4.39 Å². The molecule has 3 heterocycles. The molecule has 1 fully saturated rings. The Hall–Kier alpha value is -3.09. The second kappa shape index (κ2) is 7.25. The number of carbonyl (C=O) groups is 2. The number of hydrogen-bond donors (Lipinski definition) is 0. The highest BCUT2D eigenvalue weighted by atomic mass is 19.1. The van der Waals surface area contributed by atoms with Crippen molar-refractivity contribution >= 4 is 11.7 Å². The molecule has 2 aromatic carbocycles. The quantitative estimate of drug-likeness (QED) is 0.753. The molecule has 162 valence electrons. The monoisotopic (exact) mass is 425 g/mol. The van der Waals surface area contributed by atoms with Gasteiger partial charge in [-0.3, -0.25) is 9.59 Å². The third kappa shape index (κ3) is 3.73. The molecule has 0 radical (unpaired) electrons. The van der Waals surface area contributed by atoms with Crippen LogP contribution in [0, 0.1) is 11.7 Å². The lowest BCUT2D eigenvalue weighted by atomic mass is 9.97. The molecule has 1 amide bonds. The van der Waals surface area contributed by atoms with Crippen LogP contribution in [0.5, 0.6) is 17.2 Å². The maximum absolute atomic E-state index is 14.5. The van der Waals surface area contributed by atoms with E-state index < -0.39 is 5.82 Å². The minimum atomic E-state index is -0.627. The van der Waals surface area contributed by atoms with Crippen molar-refractivity contribution in [2.75, 3.05) is 26.3 Å². The Labute approximate surface area is 179 Å². The maximum Gasteiger partial charge on any atom is 0.256 e. The van der Waals surface area contributed by atoms with E-state index in [0.29, 0.717) is 31.0 Å². The van der Waals surface area contributed by atoms with Gasteiger partial charge in [0.1, 0.15) is 23.8 Å². The number of ketones is 1. The molecule has 0 unspecified atom stereocenters. The lowest BCUT2D eigenvalue weighted by Gasteiger charge is -2.39. The number of carbonyl (C=O) groups excluding carboxylic acids is 2. The Bertz CT molecular complexity index is 1070. The molecule has 3 aliphatic rings. The van der Waals surface area contributed by atoms with Crippen LogP contribution in [-0.2, 0) is 17.6 Å². The van der Waals surface area contributed by atoms with Crippen molar-refractivity contribution in [3.8, 4) is 17.2 Å². The van der Waals surface area contributed by atoms with Gasteiger partial charge >= 0.3 is 0 Å². The molecule has 1 saturated heterocycles. The van der Waals surface area contributed by atoms with Crippen LogP contribution in [-0.4, -0.2) is 48.5 Å². The van der Waals surface area contributed by atoms with E-state index in [4.69, 9.17) is 14.2 Å². The summed E-state index contributed by atoms with van der Waals surface area (Å²) in [6.45, 7) is 5.49. The van der Waals surface area contributed by atoms with E-state index in [0.717, 1.165) is 23.5 Å². The topological polar surface area (TPSA) is 65.1 Å². The van der Waals surface area contributed by atoms with Gasteiger partial charge in [-0.15, -0.1) is 0 Å². The zero-order valence-electron chi connectivity index (χ0n) is 17.6. The van der Waals surface area contributed by atoms with E-state index in [1.165, 1.54) is 12.1 Å². The van der Waals surface area contributed by atoms with Crippen LogP contribution in [0.3, 0.4) is 0 Å². The average molecular weight is 425 g/mol. The Morgan fingerprint density at radius 3 is 2.87 bits per heavy atom. The number of nitrogens with zero attached hydrogens (tertiary/aromatic N) is 1. The zero-order valence-corrected chi connectivity index (χ0v) is 17.6. The Balaban J connectivity index is 1.20. The predicted octanol–water partition coefficient (Wildman–Crippen LogP) is 3.19. The van der Waals surface area contributed by atoms with Crippen molar-refractivity contribution in [3.05, 3.63) is 52.8 Å². The van der Waals surface area contributed by atoms with E-state index in [2.05, 4.69) is 0 Å². The lowest BCUT2D eigenvalue weighted by Crippen LogP contribution is -2.52. The number of para-hydroxylation sites is 1. The van der Waals surface area contributed by atoms with Crippen LogP contribution in [0.4, 0.5) is 4.39 Å². The van der Waals surface area contributed by atoms with Crippen molar-refractivity contribution in [1.29, 1.82) is 0 Å². The molecule has 0 bridgehead atoms. The highest BCUT2D eigenvalue weighted by Crippen LogP contribution is 2.42. The smallest absolute Gasteiger partial charge is 0.256 e. The molecule has 0 N–H and O–H groups in total. The Morgan fingerprint density at radius 2 is 2.06 bits per heavy atom. The fourth-order valence-corrected chi connectivity index (χ4v) is 4.38. The molecule has 0 saturated carbocycles. The van der Waals surface area contributed by atoms with Crippen molar-refractivity contribution < 1.29 is 28.2 Å². The number of amides is 1. The third-order valence-corrected chi connectivity index (χ3v) is 5.93. The molecular weight excluding hydrogens is 401 g/mol. The molecule has 3 aliphatic heterocycles. The molecule has 0 spiro atoms. The van der Waals surface area contributed by atoms with Gasteiger partial charge in [-0.05, 0) is 26.0 Å². The summed E-state index contributed by atoms with van der Waals surface area (Å²) in [6, 6.07) is 8.55. The SMILES string of the molecule is CC1(C)Cc2cccc(OCC3CN(C(=O)c4cc5c(cc4F)OCC(=O)C5)C3)c2O1. The number of likely N-dealkylation sites (tertiary alicyclic amines) is 1. The lowest BCUT2D eigenvalue weighted by molar-refractivity contribution is -0.121. The first kappa shape index (κ1) is 19.8. The molecule has 7 heteroatoms. The average Bonchev–Trinajstić information content (AvgIpc) is 3.01. The van der Waals surface area contributed by atoms with E-state index in [1.807, 2.05) is 32.0 Å². The van der Waals surface area contributed by atoms with Crippen molar-refractivity contribution in [3.63, 3.8) is 0 Å². The van der Waals surface area contributed by atoms with Gasteiger partial charge in [-0.1, -0.05) is 12.1 Å². The van der Waals surface area contributed by atoms with Gasteiger partial charge in [0.05, 0.1) is 12.2 Å². The van der Waals surface area contributed by atoms with E-state index in [1.54, 1.807) is 4.90 Å². The van der Waals surface area contributed by atoms with Crippen molar-refractivity contribution in [1.82, 2.24) is 4.90 Å². The number of halogens is 1.